The Labute approximate surface area is 138 Å². The molecule has 0 heterocycles. The highest BCUT2D eigenvalue weighted by atomic mass is 16.5. The third kappa shape index (κ3) is 1.78. The van der Waals surface area contributed by atoms with Crippen LogP contribution in [0.15, 0.2) is 30.4 Å². The molecule has 122 valence electrons. The maximum atomic E-state index is 13.1. The van der Waals surface area contributed by atoms with E-state index in [2.05, 4.69) is 39.0 Å². The first-order valence-corrected chi connectivity index (χ1v) is 8.81. The fourth-order valence-electron chi connectivity index (χ4n) is 5.81. The van der Waals surface area contributed by atoms with Gasteiger partial charge in [-0.1, -0.05) is 39.0 Å². The minimum absolute atomic E-state index is 0.0872. The summed E-state index contributed by atoms with van der Waals surface area (Å²) in [6.45, 7) is 6.97. The molecule has 2 heteroatoms. The van der Waals surface area contributed by atoms with Crippen molar-refractivity contribution in [1.29, 1.82) is 0 Å². The number of methoxy groups -OCH3 is 1. The fraction of sp³-hybridized carbons (Fsp3) is 0.571. The Morgan fingerprint density at radius 1 is 1.26 bits per heavy atom. The summed E-state index contributed by atoms with van der Waals surface area (Å²) in [6, 6.07) is 6.11. The van der Waals surface area contributed by atoms with Crippen LogP contribution in [0.1, 0.15) is 61.9 Å². The van der Waals surface area contributed by atoms with Crippen LogP contribution in [-0.4, -0.2) is 12.9 Å². The molecule has 0 aromatic heterocycles. The fourth-order valence-corrected chi connectivity index (χ4v) is 5.81. The minimum Gasteiger partial charge on any atom is -0.497 e. The van der Waals surface area contributed by atoms with Crippen LogP contribution >= 0.6 is 0 Å². The number of fused-ring (bicyclic) bond motifs is 5. The van der Waals surface area contributed by atoms with E-state index in [1.807, 2.05) is 12.1 Å². The lowest BCUT2D eigenvalue weighted by atomic mass is 9.46. The molecule has 2 nitrogen and oxygen atoms in total. The Kier molecular flexibility index (Phi) is 3.07. The highest BCUT2D eigenvalue weighted by Gasteiger charge is 2.59. The molecule has 1 aromatic rings. The third-order valence-electron chi connectivity index (χ3n) is 7.35. The van der Waals surface area contributed by atoms with Gasteiger partial charge in [0.15, 0.2) is 5.78 Å². The lowest BCUT2D eigenvalue weighted by Gasteiger charge is -2.57. The summed E-state index contributed by atoms with van der Waals surface area (Å²) in [4.78, 5) is 13.1. The van der Waals surface area contributed by atoms with E-state index < -0.39 is 0 Å². The van der Waals surface area contributed by atoms with Crippen molar-refractivity contribution in [2.45, 2.75) is 46.0 Å². The molecule has 0 spiro atoms. The van der Waals surface area contributed by atoms with E-state index in [9.17, 15) is 4.79 Å². The smallest absolute Gasteiger partial charge is 0.166 e. The van der Waals surface area contributed by atoms with E-state index in [1.54, 1.807) is 7.11 Å². The topological polar surface area (TPSA) is 26.3 Å². The Morgan fingerprint density at radius 2 is 2.04 bits per heavy atom. The molecule has 1 aromatic carbocycles. The first-order chi connectivity index (χ1) is 10.9. The molecule has 0 bridgehead atoms. The highest BCUT2D eigenvalue weighted by molar-refractivity contribution is 6.01. The van der Waals surface area contributed by atoms with Crippen molar-refractivity contribution < 1.29 is 9.53 Å². The van der Waals surface area contributed by atoms with E-state index in [0.29, 0.717) is 17.6 Å². The van der Waals surface area contributed by atoms with E-state index in [1.165, 1.54) is 18.4 Å². The highest BCUT2D eigenvalue weighted by Crippen LogP contribution is 2.66. The van der Waals surface area contributed by atoms with Crippen LogP contribution < -0.4 is 4.74 Å². The lowest BCUT2D eigenvalue weighted by molar-refractivity contribution is -0.0310. The molecule has 1 fully saturated rings. The SMILES string of the molecule is COc1ccc2c(c1)C(=O)[C@@H](C)[C@@H]1[C@@H]2CC[C@]2(C)C=CC[C@]12C. The summed E-state index contributed by atoms with van der Waals surface area (Å²) in [6.07, 6.45) is 8.27. The van der Waals surface area contributed by atoms with E-state index in [0.717, 1.165) is 17.7 Å². The maximum Gasteiger partial charge on any atom is 0.166 e. The van der Waals surface area contributed by atoms with Gasteiger partial charge in [-0.05, 0) is 59.6 Å². The van der Waals surface area contributed by atoms with Crippen molar-refractivity contribution in [2.75, 3.05) is 7.11 Å². The molecular weight excluding hydrogens is 284 g/mol. The summed E-state index contributed by atoms with van der Waals surface area (Å²) < 4.78 is 5.34. The first kappa shape index (κ1) is 15.0. The quantitative estimate of drug-likeness (QED) is 0.683. The molecule has 3 aliphatic rings. The molecule has 1 saturated carbocycles. The van der Waals surface area contributed by atoms with E-state index in [-0.39, 0.29) is 16.7 Å². The van der Waals surface area contributed by atoms with Crippen LogP contribution in [0, 0.1) is 22.7 Å². The second-order valence-corrected chi connectivity index (χ2v) is 8.22. The number of rotatable bonds is 1. The average molecular weight is 310 g/mol. The largest absolute Gasteiger partial charge is 0.497 e. The van der Waals surface area contributed by atoms with Gasteiger partial charge in [-0.3, -0.25) is 4.79 Å². The Hall–Kier alpha value is -1.57. The van der Waals surface area contributed by atoms with E-state index >= 15 is 0 Å². The Morgan fingerprint density at radius 3 is 2.78 bits per heavy atom. The van der Waals surface area contributed by atoms with E-state index in [4.69, 9.17) is 4.74 Å². The molecule has 0 radical (unpaired) electrons. The molecule has 5 atom stereocenters. The van der Waals surface area contributed by atoms with Gasteiger partial charge in [0, 0.05) is 11.5 Å². The van der Waals surface area contributed by atoms with Crippen molar-refractivity contribution in [3.63, 3.8) is 0 Å². The molecule has 0 saturated heterocycles. The summed E-state index contributed by atoms with van der Waals surface area (Å²) in [5.41, 5.74) is 2.60. The molecular formula is C21H26O2. The molecule has 0 N–H and O–H groups in total. The van der Waals surface area contributed by atoms with Gasteiger partial charge in [-0.25, -0.2) is 0 Å². The molecule has 0 amide bonds. The summed E-state index contributed by atoms with van der Waals surface area (Å²) in [5.74, 6) is 2.12. The van der Waals surface area contributed by atoms with Crippen LogP contribution in [-0.2, 0) is 0 Å². The number of allylic oxidation sites excluding steroid dienone is 2. The maximum absolute atomic E-state index is 13.1. The predicted molar refractivity (Wildman–Crippen MR) is 91.9 cm³/mol. The zero-order valence-corrected chi connectivity index (χ0v) is 14.6. The molecule has 3 aliphatic carbocycles. The summed E-state index contributed by atoms with van der Waals surface area (Å²) in [5, 5.41) is 0. The zero-order valence-electron chi connectivity index (χ0n) is 14.6. The number of ketones is 1. The van der Waals surface area contributed by atoms with Crippen LogP contribution in [0.25, 0.3) is 0 Å². The van der Waals surface area contributed by atoms with Gasteiger partial charge in [0.25, 0.3) is 0 Å². The van der Waals surface area contributed by atoms with Gasteiger partial charge < -0.3 is 4.74 Å². The monoisotopic (exact) mass is 310 g/mol. The van der Waals surface area contributed by atoms with Gasteiger partial charge >= 0.3 is 0 Å². The number of benzene rings is 1. The molecule has 4 rings (SSSR count). The predicted octanol–water partition coefficient (Wildman–Crippen LogP) is 4.99. The lowest BCUT2D eigenvalue weighted by Crippen LogP contribution is -2.52. The van der Waals surface area contributed by atoms with Gasteiger partial charge in [0.05, 0.1) is 7.11 Å². The summed E-state index contributed by atoms with van der Waals surface area (Å²) in [7, 11) is 1.67. The van der Waals surface area contributed by atoms with Crippen molar-refractivity contribution in [3.05, 3.63) is 41.5 Å². The van der Waals surface area contributed by atoms with Crippen molar-refractivity contribution in [3.8, 4) is 5.75 Å². The second kappa shape index (κ2) is 4.72. The van der Waals surface area contributed by atoms with Gasteiger partial charge in [0.2, 0.25) is 0 Å². The number of Topliss-reactive ketones (excluding diaryl/α,β-unsaturated/α-hetero) is 1. The Bertz CT molecular complexity index is 704. The average Bonchev–Trinajstić information content (AvgIpc) is 2.86. The second-order valence-electron chi connectivity index (χ2n) is 8.22. The number of hydrogen-bond donors (Lipinski definition) is 0. The first-order valence-electron chi connectivity index (χ1n) is 8.81. The van der Waals surface area contributed by atoms with Crippen molar-refractivity contribution in [1.82, 2.24) is 0 Å². The Balaban J connectivity index is 1.86. The minimum atomic E-state index is 0.0872. The van der Waals surface area contributed by atoms with Gasteiger partial charge in [-0.15, -0.1) is 0 Å². The molecule has 23 heavy (non-hydrogen) atoms. The standard InChI is InChI=1S/C21H26O2/c1-13-18-16(8-11-20(2)9-5-10-21(18,20)3)15-7-6-14(23-4)12-17(15)19(13)22/h5-7,9,12-13,16,18H,8,10-11H2,1-4H3/t13-,16+,18+,20-,21+/m0/s1. The zero-order chi connectivity index (χ0) is 16.4. The van der Waals surface area contributed by atoms with Gasteiger partial charge in [0.1, 0.15) is 5.75 Å². The number of hydrogen-bond acceptors (Lipinski definition) is 2. The van der Waals surface area contributed by atoms with Crippen LogP contribution in [0.5, 0.6) is 5.75 Å². The number of ether oxygens (including phenoxy) is 1. The van der Waals surface area contributed by atoms with Crippen LogP contribution in [0.2, 0.25) is 0 Å². The number of carbonyl (C=O) groups is 1. The van der Waals surface area contributed by atoms with Gasteiger partial charge in [-0.2, -0.15) is 0 Å². The van der Waals surface area contributed by atoms with Crippen LogP contribution in [0.3, 0.4) is 0 Å². The van der Waals surface area contributed by atoms with Crippen molar-refractivity contribution >= 4 is 5.78 Å². The molecule has 0 aliphatic heterocycles. The molecule has 0 unspecified atom stereocenters. The number of carbonyl (C=O) groups excluding carboxylic acids is 1. The normalized spacial score (nSPS) is 41.2. The van der Waals surface area contributed by atoms with Crippen molar-refractivity contribution in [2.24, 2.45) is 22.7 Å². The summed E-state index contributed by atoms with van der Waals surface area (Å²) >= 11 is 0. The third-order valence-corrected chi connectivity index (χ3v) is 7.35. The van der Waals surface area contributed by atoms with Crippen LogP contribution in [0.4, 0.5) is 0 Å².